The Kier molecular flexibility index (Phi) is 5.50. The highest BCUT2D eigenvalue weighted by Crippen LogP contribution is 2.14. The van der Waals surface area contributed by atoms with E-state index in [1.54, 1.807) is 12.1 Å². The van der Waals surface area contributed by atoms with Crippen LogP contribution in [0.25, 0.3) is 0 Å². The number of halogens is 1. The number of hydrogen-bond acceptors (Lipinski definition) is 3. The van der Waals surface area contributed by atoms with E-state index in [2.05, 4.69) is 10.00 Å². The average Bonchev–Trinajstić information content (AvgIpc) is 2.76. The Morgan fingerprint density at radius 1 is 1.37 bits per heavy atom. The number of rotatable bonds is 5. The summed E-state index contributed by atoms with van der Waals surface area (Å²) in [5, 5.41) is 13.7. The molecule has 0 aliphatic carbocycles. The smallest absolute Gasteiger partial charge is 0.269 e. The Labute approximate surface area is 121 Å². The molecule has 0 radical (unpaired) electrons. The number of nitro benzene ring substituents is 1. The summed E-state index contributed by atoms with van der Waals surface area (Å²) in [5.74, 6) is 0. The first-order chi connectivity index (χ1) is 8.66. The largest absolute Gasteiger partial charge is 1.00 e. The minimum Gasteiger partial charge on any atom is -1.00 e. The monoisotopic (exact) mass is 326 g/mol. The molecule has 1 heterocycles. The van der Waals surface area contributed by atoms with Crippen molar-refractivity contribution < 1.29 is 26.6 Å². The first kappa shape index (κ1) is 15.2. The molecule has 0 atom stereocenters. The van der Waals surface area contributed by atoms with Crippen molar-refractivity contribution in [1.29, 1.82) is 0 Å². The molecule has 0 saturated carbocycles. The van der Waals surface area contributed by atoms with Crippen LogP contribution in [0.1, 0.15) is 0 Å². The third kappa shape index (κ3) is 4.06. The van der Waals surface area contributed by atoms with Gasteiger partial charge >= 0.3 is 0 Å². The number of nitrogens with zero attached hydrogens (tertiary/aromatic N) is 3. The number of nitro groups is 1. The van der Waals surface area contributed by atoms with Gasteiger partial charge in [-0.2, -0.15) is 4.68 Å². The highest BCUT2D eigenvalue weighted by molar-refractivity contribution is 5.48. The Morgan fingerprint density at radius 3 is 2.58 bits per heavy atom. The molecule has 0 saturated heterocycles. The van der Waals surface area contributed by atoms with Crippen LogP contribution in [0.5, 0.6) is 0 Å². The van der Waals surface area contributed by atoms with Gasteiger partial charge in [0, 0.05) is 30.4 Å². The van der Waals surface area contributed by atoms with E-state index in [9.17, 15) is 10.1 Å². The first-order valence-corrected chi connectivity index (χ1v) is 5.66. The maximum Gasteiger partial charge on any atom is 0.269 e. The second-order valence-electron chi connectivity index (χ2n) is 3.96. The van der Waals surface area contributed by atoms with Crippen molar-refractivity contribution in [3.8, 4) is 0 Å². The second kappa shape index (κ2) is 6.89. The maximum atomic E-state index is 10.5. The van der Waals surface area contributed by atoms with Gasteiger partial charge in [-0.25, -0.2) is 0 Å². The molecular formula is C12H15BrN4O2. The molecule has 0 aliphatic rings. The summed E-state index contributed by atoms with van der Waals surface area (Å²) in [5.41, 5.74) is 0.993. The van der Waals surface area contributed by atoms with Gasteiger partial charge < -0.3 is 22.3 Å². The van der Waals surface area contributed by atoms with Crippen LogP contribution in [-0.2, 0) is 13.6 Å². The molecule has 1 aromatic heterocycles. The Hall–Kier alpha value is -1.89. The predicted molar refractivity (Wildman–Crippen MR) is 67.2 cm³/mol. The summed E-state index contributed by atoms with van der Waals surface area (Å²) in [4.78, 5) is 10.1. The Balaban J connectivity index is 0.00000180. The van der Waals surface area contributed by atoms with E-state index in [4.69, 9.17) is 0 Å². The van der Waals surface area contributed by atoms with E-state index in [-0.39, 0.29) is 22.7 Å². The molecule has 102 valence electrons. The molecule has 0 fully saturated rings. The zero-order chi connectivity index (χ0) is 13.0. The van der Waals surface area contributed by atoms with Gasteiger partial charge in [0.1, 0.15) is 0 Å². The number of aryl methyl sites for hydroxylation is 1. The van der Waals surface area contributed by atoms with Gasteiger partial charge in [-0.1, -0.05) is 0 Å². The first-order valence-electron chi connectivity index (χ1n) is 5.66. The summed E-state index contributed by atoms with van der Waals surface area (Å²) in [6, 6.07) is 8.41. The van der Waals surface area contributed by atoms with Gasteiger partial charge in [0.2, 0.25) is 0 Å². The van der Waals surface area contributed by atoms with E-state index in [1.165, 1.54) is 12.1 Å². The lowest BCUT2D eigenvalue weighted by atomic mass is 10.3. The van der Waals surface area contributed by atoms with E-state index in [0.717, 1.165) is 18.8 Å². The summed E-state index contributed by atoms with van der Waals surface area (Å²) in [6.45, 7) is 1.60. The molecule has 0 bridgehead atoms. The van der Waals surface area contributed by atoms with Crippen LogP contribution in [0.3, 0.4) is 0 Å². The minimum atomic E-state index is -0.399. The van der Waals surface area contributed by atoms with Crippen molar-refractivity contribution in [2.45, 2.75) is 6.54 Å². The van der Waals surface area contributed by atoms with Gasteiger partial charge in [-0.3, -0.25) is 10.1 Å². The lowest BCUT2D eigenvalue weighted by Gasteiger charge is -2.05. The van der Waals surface area contributed by atoms with Crippen molar-refractivity contribution in [3.05, 3.63) is 52.8 Å². The number of nitrogens with one attached hydrogen (secondary N) is 1. The highest BCUT2D eigenvalue weighted by atomic mass is 79.9. The highest BCUT2D eigenvalue weighted by Gasteiger charge is 2.04. The molecule has 19 heavy (non-hydrogen) atoms. The zero-order valence-corrected chi connectivity index (χ0v) is 12.1. The van der Waals surface area contributed by atoms with Crippen LogP contribution >= 0.6 is 0 Å². The average molecular weight is 327 g/mol. The molecule has 6 nitrogen and oxygen atoms in total. The Morgan fingerprint density at radius 2 is 2.05 bits per heavy atom. The number of non-ortho nitro benzene ring substituents is 1. The number of hydrogen-bond donors (Lipinski definition) is 1. The van der Waals surface area contributed by atoms with Crippen molar-refractivity contribution in [2.75, 3.05) is 11.9 Å². The summed E-state index contributed by atoms with van der Waals surface area (Å²) in [7, 11) is 1.98. The van der Waals surface area contributed by atoms with Crippen LogP contribution in [-0.4, -0.2) is 16.1 Å². The third-order valence-corrected chi connectivity index (χ3v) is 2.71. The quantitative estimate of drug-likeness (QED) is 0.406. The fourth-order valence-electron chi connectivity index (χ4n) is 1.70. The fourth-order valence-corrected chi connectivity index (χ4v) is 1.70. The van der Waals surface area contributed by atoms with E-state index >= 15 is 0 Å². The molecule has 1 N–H and O–H groups in total. The van der Waals surface area contributed by atoms with Gasteiger partial charge in [-0.05, 0) is 12.1 Å². The summed E-state index contributed by atoms with van der Waals surface area (Å²) in [6.07, 6.45) is 3.98. The molecule has 0 unspecified atom stereocenters. The van der Waals surface area contributed by atoms with E-state index < -0.39 is 4.92 Å². The molecule has 1 aromatic carbocycles. The van der Waals surface area contributed by atoms with Gasteiger partial charge in [-0.15, -0.1) is 4.68 Å². The van der Waals surface area contributed by atoms with Crippen LogP contribution in [0, 0.1) is 10.1 Å². The SMILES string of the molecule is C[n+]1cccn1CCNc1ccc([N+](=O)[O-])cc1.[Br-]. The summed E-state index contributed by atoms with van der Waals surface area (Å²) >= 11 is 0. The summed E-state index contributed by atoms with van der Waals surface area (Å²) < 4.78 is 4.07. The van der Waals surface area contributed by atoms with E-state index in [0.29, 0.717) is 0 Å². The van der Waals surface area contributed by atoms with Crippen molar-refractivity contribution >= 4 is 11.4 Å². The van der Waals surface area contributed by atoms with Crippen LogP contribution < -0.4 is 27.0 Å². The molecule has 0 aliphatic heterocycles. The predicted octanol–water partition coefficient (Wildman–Crippen LogP) is -1.66. The van der Waals surface area contributed by atoms with Crippen molar-refractivity contribution in [1.82, 2.24) is 4.68 Å². The normalized spacial score (nSPS) is 9.74. The lowest BCUT2D eigenvalue weighted by Crippen LogP contribution is -3.00. The van der Waals surface area contributed by atoms with E-state index in [1.807, 2.05) is 30.2 Å². The van der Waals surface area contributed by atoms with Crippen molar-refractivity contribution in [3.63, 3.8) is 0 Å². The second-order valence-corrected chi connectivity index (χ2v) is 3.96. The molecular weight excluding hydrogens is 312 g/mol. The van der Waals surface area contributed by atoms with Gasteiger partial charge in [0.25, 0.3) is 5.69 Å². The number of aromatic nitrogens is 2. The molecule has 0 amide bonds. The molecule has 7 heteroatoms. The third-order valence-electron chi connectivity index (χ3n) is 2.71. The fraction of sp³-hybridized carbons (Fsp3) is 0.250. The molecule has 2 aromatic rings. The topological polar surface area (TPSA) is 64.0 Å². The molecule has 2 rings (SSSR count). The molecule has 0 spiro atoms. The van der Waals surface area contributed by atoms with Crippen LogP contribution in [0.4, 0.5) is 11.4 Å². The lowest BCUT2D eigenvalue weighted by molar-refractivity contribution is -0.753. The van der Waals surface area contributed by atoms with Crippen LogP contribution in [0.2, 0.25) is 0 Å². The van der Waals surface area contributed by atoms with Gasteiger partial charge in [0.15, 0.2) is 13.2 Å². The Bertz CT molecular complexity index is 539. The maximum absolute atomic E-state index is 10.5. The number of benzene rings is 1. The number of anilines is 1. The van der Waals surface area contributed by atoms with Gasteiger partial charge in [0.05, 0.1) is 17.7 Å². The van der Waals surface area contributed by atoms with Crippen LogP contribution in [0.15, 0.2) is 42.7 Å². The minimum absolute atomic E-state index is 0. The van der Waals surface area contributed by atoms with Crippen molar-refractivity contribution in [2.24, 2.45) is 7.05 Å². The zero-order valence-electron chi connectivity index (χ0n) is 10.5. The standard InChI is InChI=1S/C12H15N4O2.BrH/c1-14-8-2-9-15(14)10-7-13-11-3-5-12(6-4-11)16(17)18;/h2-6,8-9,13H,7,10H2,1H3;1H/q+1;/p-1.